The summed E-state index contributed by atoms with van der Waals surface area (Å²) in [5.74, 6) is 0.466. The van der Waals surface area contributed by atoms with Gasteiger partial charge in [0.2, 0.25) is 0 Å². The summed E-state index contributed by atoms with van der Waals surface area (Å²) in [6.45, 7) is 5.87. The number of hydrogen-bond donors (Lipinski definition) is 1. The van der Waals surface area contributed by atoms with Gasteiger partial charge in [0.15, 0.2) is 0 Å². The largest absolute Gasteiger partial charge is 0.309 e. The Hall–Kier alpha value is -0.180. The Labute approximate surface area is 67.2 Å². The fourth-order valence-corrected chi connectivity index (χ4v) is 0.830. The van der Waals surface area contributed by atoms with Gasteiger partial charge in [-0.1, -0.05) is 20.3 Å². The lowest BCUT2D eigenvalue weighted by Crippen LogP contribution is -2.35. The molecule has 0 radical (unpaired) electrons. The van der Waals surface area contributed by atoms with Crippen molar-refractivity contribution in [1.82, 2.24) is 5.32 Å². The summed E-state index contributed by atoms with van der Waals surface area (Å²) in [5.41, 5.74) is 0. The van der Waals surface area contributed by atoms with Crippen LogP contribution in [0.4, 0.5) is 8.78 Å². The van der Waals surface area contributed by atoms with Crippen molar-refractivity contribution in [3.8, 4) is 0 Å². The summed E-state index contributed by atoms with van der Waals surface area (Å²) >= 11 is 0. The van der Waals surface area contributed by atoms with Crippen LogP contribution in [-0.2, 0) is 0 Å². The predicted octanol–water partition coefficient (Wildman–Crippen LogP) is 2.28. The fourth-order valence-electron chi connectivity index (χ4n) is 0.830. The van der Waals surface area contributed by atoms with Gasteiger partial charge in [-0.15, -0.1) is 0 Å². The van der Waals surface area contributed by atoms with E-state index in [9.17, 15) is 8.78 Å². The molecule has 0 fully saturated rings. The van der Waals surface area contributed by atoms with Crippen LogP contribution < -0.4 is 5.32 Å². The quantitative estimate of drug-likeness (QED) is 0.659. The van der Waals surface area contributed by atoms with Crippen molar-refractivity contribution >= 4 is 0 Å². The molecular weight excluding hydrogens is 148 g/mol. The van der Waals surface area contributed by atoms with Crippen LogP contribution >= 0.6 is 0 Å². The molecule has 0 saturated carbocycles. The second-order valence-corrected chi connectivity index (χ2v) is 2.97. The van der Waals surface area contributed by atoms with Crippen LogP contribution in [0, 0.1) is 5.92 Å². The molecule has 0 aromatic heterocycles. The smallest absolute Gasteiger partial charge is 0.250 e. The molecule has 0 spiro atoms. The minimum Gasteiger partial charge on any atom is -0.309 e. The van der Waals surface area contributed by atoms with Gasteiger partial charge in [-0.05, 0) is 12.8 Å². The third-order valence-electron chi connectivity index (χ3n) is 2.09. The third kappa shape index (κ3) is 5.13. The first-order valence-electron chi connectivity index (χ1n) is 4.09. The SMILES string of the molecule is CCC(C)C(C)NCC(F)F. The van der Waals surface area contributed by atoms with Crippen LogP contribution in [0.2, 0.25) is 0 Å². The van der Waals surface area contributed by atoms with Crippen molar-refractivity contribution in [1.29, 1.82) is 0 Å². The lowest BCUT2D eigenvalue weighted by atomic mass is 10.0. The maximum Gasteiger partial charge on any atom is 0.250 e. The topological polar surface area (TPSA) is 12.0 Å². The molecule has 0 amide bonds. The standard InChI is InChI=1S/C8H17F2N/c1-4-6(2)7(3)11-5-8(9)10/h6-8,11H,4-5H2,1-3H3. The van der Waals surface area contributed by atoms with Gasteiger partial charge < -0.3 is 5.32 Å². The molecule has 1 N–H and O–H groups in total. The monoisotopic (exact) mass is 165 g/mol. The molecule has 0 aliphatic carbocycles. The summed E-state index contributed by atoms with van der Waals surface area (Å²) in [5, 5.41) is 2.78. The zero-order chi connectivity index (χ0) is 8.85. The lowest BCUT2D eigenvalue weighted by molar-refractivity contribution is 0.138. The van der Waals surface area contributed by atoms with E-state index in [4.69, 9.17) is 0 Å². The Morgan fingerprint density at radius 1 is 1.27 bits per heavy atom. The highest BCUT2D eigenvalue weighted by molar-refractivity contribution is 4.66. The summed E-state index contributed by atoms with van der Waals surface area (Å²) in [6.07, 6.45) is -1.21. The van der Waals surface area contributed by atoms with E-state index in [2.05, 4.69) is 19.2 Å². The van der Waals surface area contributed by atoms with E-state index in [1.54, 1.807) is 0 Å². The van der Waals surface area contributed by atoms with Gasteiger partial charge >= 0.3 is 0 Å². The number of alkyl halides is 2. The van der Waals surface area contributed by atoms with Crippen molar-refractivity contribution in [3.63, 3.8) is 0 Å². The zero-order valence-corrected chi connectivity index (χ0v) is 7.40. The van der Waals surface area contributed by atoms with Crippen LogP contribution in [0.15, 0.2) is 0 Å². The van der Waals surface area contributed by atoms with Crippen molar-refractivity contribution in [3.05, 3.63) is 0 Å². The van der Waals surface area contributed by atoms with E-state index in [1.807, 2.05) is 6.92 Å². The second kappa shape index (κ2) is 5.47. The summed E-state index contributed by atoms with van der Waals surface area (Å²) in [4.78, 5) is 0. The number of nitrogens with one attached hydrogen (secondary N) is 1. The van der Waals surface area contributed by atoms with Gasteiger partial charge in [-0.3, -0.25) is 0 Å². The van der Waals surface area contributed by atoms with Gasteiger partial charge in [0.05, 0.1) is 6.54 Å². The Bertz CT molecular complexity index is 96.1. The highest BCUT2D eigenvalue weighted by atomic mass is 19.3. The first kappa shape index (κ1) is 10.8. The third-order valence-corrected chi connectivity index (χ3v) is 2.09. The Morgan fingerprint density at radius 2 is 1.82 bits per heavy atom. The first-order chi connectivity index (χ1) is 5.07. The Morgan fingerprint density at radius 3 is 2.18 bits per heavy atom. The van der Waals surface area contributed by atoms with Gasteiger partial charge in [-0.2, -0.15) is 0 Å². The van der Waals surface area contributed by atoms with Crippen molar-refractivity contribution in [2.45, 2.75) is 39.7 Å². The van der Waals surface area contributed by atoms with Crippen LogP contribution in [0.1, 0.15) is 27.2 Å². The van der Waals surface area contributed by atoms with E-state index in [-0.39, 0.29) is 12.6 Å². The van der Waals surface area contributed by atoms with E-state index >= 15 is 0 Å². The molecule has 0 aromatic carbocycles. The van der Waals surface area contributed by atoms with E-state index in [1.165, 1.54) is 0 Å². The molecule has 0 aromatic rings. The van der Waals surface area contributed by atoms with Crippen molar-refractivity contribution in [2.24, 2.45) is 5.92 Å². The highest BCUT2D eigenvalue weighted by Gasteiger charge is 2.11. The molecule has 0 heterocycles. The van der Waals surface area contributed by atoms with E-state index in [0.717, 1.165) is 6.42 Å². The molecular formula is C8H17F2N. The second-order valence-electron chi connectivity index (χ2n) is 2.97. The van der Waals surface area contributed by atoms with Gasteiger partial charge in [-0.25, -0.2) is 8.78 Å². The number of hydrogen-bond acceptors (Lipinski definition) is 1. The maximum atomic E-state index is 11.7. The molecule has 0 aliphatic rings. The molecule has 3 heteroatoms. The molecule has 2 atom stereocenters. The molecule has 68 valence electrons. The van der Waals surface area contributed by atoms with Crippen LogP contribution in [0.3, 0.4) is 0 Å². The molecule has 0 bridgehead atoms. The molecule has 2 unspecified atom stereocenters. The summed E-state index contributed by atoms with van der Waals surface area (Å²) in [7, 11) is 0. The first-order valence-corrected chi connectivity index (χ1v) is 4.09. The van der Waals surface area contributed by atoms with E-state index < -0.39 is 6.43 Å². The molecule has 0 rings (SSSR count). The Balaban J connectivity index is 3.43. The Kier molecular flexibility index (Phi) is 5.38. The molecule has 0 aliphatic heterocycles. The highest BCUT2D eigenvalue weighted by Crippen LogP contribution is 2.06. The van der Waals surface area contributed by atoms with Gasteiger partial charge in [0, 0.05) is 6.04 Å². The van der Waals surface area contributed by atoms with Crippen LogP contribution in [-0.4, -0.2) is 19.0 Å². The minimum atomic E-state index is -2.23. The summed E-state index contributed by atoms with van der Waals surface area (Å²) < 4.78 is 23.4. The van der Waals surface area contributed by atoms with E-state index in [0.29, 0.717) is 5.92 Å². The number of halogens is 2. The van der Waals surface area contributed by atoms with Gasteiger partial charge in [0.25, 0.3) is 6.43 Å². The number of rotatable bonds is 5. The predicted molar refractivity (Wildman–Crippen MR) is 42.9 cm³/mol. The fraction of sp³-hybridized carbons (Fsp3) is 1.00. The van der Waals surface area contributed by atoms with Crippen molar-refractivity contribution in [2.75, 3.05) is 6.54 Å². The van der Waals surface area contributed by atoms with Crippen LogP contribution in [0.5, 0.6) is 0 Å². The van der Waals surface area contributed by atoms with Crippen LogP contribution in [0.25, 0.3) is 0 Å². The normalized spacial score (nSPS) is 16.9. The maximum absolute atomic E-state index is 11.7. The summed E-state index contributed by atoms with van der Waals surface area (Å²) in [6, 6.07) is 0.189. The lowest BCUT2D eigenvalue weighted by Gasteiger charge is -2.19. The average molecular weight is 165 g/mol. The molecule has 11 heavy (non-hydrogen) atoms. The molecule has 0 saturated heterocycles. The van der Waals surface area contributed by atoms with Gasteiger partial charge in [0.1, 0.15) is 0 Å². The minimum absolute atomic E-state index is 0.189. The average Bonchev–Trinajstić information content (AvgIpc) is 1.98. The molecule has 1 nitrogen and oxygen atoms in total. The van der Waals surface area contributed by atoms with Crippen molar-refractivity contribution < 1.29 is 8.78 Å². The zero-order valence-electron chi connectivity index (χ0n) is 7.40.